The van der Waals surface area contributed by atoms with Gasteiger partial charge in [-0.15, -0.1) is 0 Å². The molecule has 2 aliphatic carbocycles. The molecule has 0 bridgehead atoms. The monoisotopic (exact) mass is 1150 g/mol. The number of nitrogens with zero attached hydrogens (tertiary/aromatic N) is 6. The topological polar surface area (TPSA) is 165 Å². The minimum Gasteiger partial charge on any atom is -0.373 e. The Balaban J connectivity index is 0.000000585. The molecule has 2 N–H and O–H groups in total. The highest BCUT2D eigenvalue weighted by atomic mass is 35.5. The van der Waals surface area contributed by atoms with Crippen LogP contribution in [0.25, 0.3) is 16.7 Å². The summed E-state index contributed by atoms with van der Waals surface area (Å²) in [4.78, 5) is 41.2. The van der Waals surface area contributed by atoms with Gasteiger partial charge in [-0.25, -0.2) is 44.7 Å². The lowest BCUT2D eigenvalue weighted by molar-refractivity contribution is -0.123. The van der Waals surface area contributed by atoms with E-state index in [-0.39, 0.29) is 57.1 Å². The zero-order valence-electron chi connectivity index (χ0n) is 46.2. The number of amides is 1. The van der Waals surface area contributed by atoms with Gasteiger partial charge in [0.1, 0.15) is 40.6 Å². The number of unbranched alkanes of at least 4 members (excludes halogenated alkanes) is 2. The Labute approximate surface area is 461 Å². The number of pyridine rings is 1. The van der Waals surface area contributed by atoms with E-state index in [1.165, 1.54) is 51.8 Å². The van der Waals surface area contributed by atoms with Crippen LogP contribution in [-0.2, 0) is 44.7 Å². The Hall–Kier alpha value is -5.32. The molecule has 3 aromatic heterocycles. The summed E-state index contributed by atoms with van der Waals surface area (Å²) in [5.74, 6) is -11.9. The predicted octanol–water partition coefficient (Wildman–Crippen LogP) is 12.3. The van der Waals surface area contributed by atoms with E-state index in [0.717, 1.165) is 43.0 Å². The summed E-state index contributed by atoms with van der Waals surface area (Å²) in [6.07, 6.45) is 0.845. The Morgan fingerprint density at radius 2 is 1.58 bits per heavy atom. The van der Waals surface area contributed by atoms with Gasteiger partial charge in [-0.1, -0.05) is 52.1 Å². The van der Waals surface area contributed by atoms with E-state index in [9.17, 15) is 39.6 Å². The number of hydrogen-bond donors (Lipinski definition) is 2. The number of benzene rings is 2. The zero-order valence-corrected chi connectivity index (χ0v) is 47.8. The van der Waals surface area contributed by atoms with Crippen LogP contribution in [0.1, 0.15) is 163 Å². The molecule has 23 heteroatoms. The first kappa shape index (κ1) is 62.9. The number of aromatic nitrogens is 5. The van der Waals surface area contributed by atoms with E-state index in [1.54, 1.807) is 13.0 Å². The van der Waals surface area contributed by atoms with Crippen molar-refractivity contribution in [3.63, 3.8) is 0 Å². The number of hydrogen-bond acceptors (Lipinski definition) is 10. The number of morpholine rings is 1. The molecular formula is C56H71ClF8N8O5S. The van der Waals surface area contributed by atoms with Gasteiger partial charge < -0.3 is 15.5 Å². The van der Waals surface area contributed by atoms with Gasteiger partial charge in [0.05, 0.1) is 40.1 Å². The minimum absolute atomic E-state index is 0.0398. The van der Waals surface area contributed by atoms with Crippen molar-refractivity contribution in [2.75, 3.05) is 25.9 Å². The number of sulfone groups is 1. The number of ether oxygens (including phenoxy) is 1. The number of halogens is 9. The molecule has 2 fully saturated rings. The lowest BCUT2D eigenvalue weighted by atomic mass is 9.84. The summed E-state index contributed by atoms with van der Waals surface area (Å²) in [6.45, 7) is 18.5. The second kappa shape index (κ2) is 25.6. The number of nitrogens with one attached hydrogen (secondary N) is 2. The van der Waals surface area contributed by atoms with Crippen LogP contribution < -0.4 is 10.9 Å². The minimum atomic E-state index is -3.86. The molecule has 13 nitrogen and oxygen atoms in total. The fourth-order valence-corrected chi connectivity index (χ4v) is 11.6. The molecule has 0 radical (unpaired) electrons. The molecule has 3 aliphatic rings. The maximum absolute atomic E-state index is 15.5. The van der Waals surface area contributed by atoms with Crippen molar-refractivity contribution < 1.29 is 53.1 Å². The van der Waals surface area contributed by atoms with Crippen LogP contribution in [-0.4, -0.2) is 98.5 Å². The van der Waals surface area contributed by atoms with Gasteiger partial charge >= 0.3 is 0 Å². The summed E-state index contributed by atoms with van der Waals surface area (Å²) >= 11 is 6.59. The number of carbonyl (C=O) groups excluding carboxylic acids is 1. The van der Waals surface area contributed by atoms with Crippen molar-refractivity contribution >= 4 is 44.1 Å². The molecular weight excluding hydrogens is 1080 g/mol. The van der Waals surface area contributed by atoms with Crippen molar-refractivity contribution in [1.82, 2.24) is 34.5 Å². The van der Waals surface area contributed by atoms with Gasteiger partial charge in [0.15, 0.2) is 15.5 Å². The van der Waals surface area contributed by atoms with E-state index in [0.29, 0.717) is 34.2 Å². The molecule has 2 aromatic carbocycles. The van der Waals surface area contributed by atoms with Crippen LogP contribution in [0.3, 0.4) is 0 Å². The average molecular weight is 1160 g/mol. The number of fused-ring (bicyclic) bond motifs is 2. The molecule has 1 aliphatic heterocycles. The Kier molecular flexibility index (Phi) is 20.4. The Morgan fingerprint density at radius 1 is 0.962 bits per heavy atom. The van der Waals surface area contributed by atoms with Crippen LogP contribution in [0.4, 0.5) is 35.1 Å². The maximum Gasteiger partial charge on any atom is 0.292 e. The first-order valence-electron chi connectivity index (χ1n) is 26.8. The van der Waals surface area contributed by atoms with Crippen molar-refractivity contribution in [1.29, 1.82) is 5.41 Å². The predicted molar refractivity (Wildman–Crippen MR) is 289 cm³/mol. The first-order valence-corrected chi connectivity index (χ1v) is 29.1. The number of alkyl halides is 6. The van der Waals surface area contributed by atoms with Gasteiger partial charge in [0.25, 0.3) is 17.9 Å². The number of carbonyl (C=O) groups is 1. The van der Waals surface area contributed by atoms with Crippen molar-refractivity contribution in [2.45, 2.75) is 174 Å². The maximum atomic E-state index is 15.5. The van der Waals surface area contributed by atoms with Crippen LogP contribution in [0, 0.1) is 36.8 Å². The molecule has 1 saturated carbocycles. The zero-order chi connectivity index (χ0) is 58.6. The second-order valence-electron chi connectivity index (χ2n) is 21.0. The summed E-state index contributed by atoms with van der Waals surface area (Å²) in [6, 6.07) is 5.07. The lowest BCUT2D eigenvalue weighted by Gasteiger charge is -2.35. The third kappa shape index (κ3) is 14.4. The molecule has 1 saturated heterocycles. The van der Waals surface area contributed by atoms with E-state index >= 15 is 13.6 Å². The summed E-state index contributed by atoms with van der Waals surface area (Å²) in [5, 5.41) is 13.6. The van der Waals surface area contributed by atoms with Crippen LogP contribution >= 0.6 is 11.6 Å². The van der Waals surface area contributed by atoms with Gasteiger partial charge in [0, 0.05) is 73.3 Å². The van der Waals surface area contributed by atoms with Crippen LogP contribution in [0.5, 0.6) is 0 Å². The fraction of sp³-hybridized carbons (Fsp3) is 0.571. The quantitative estimate of drug-likeness (QED) is 0.0556. The van der Waals surface area contributed by atoms with Crippen molar-refractivity contribution in [3.05, 3.63) is 114 Å². The van der Waals surface area contributed by atoms with Crippen molar-refractivity contribution in [2.24, 2.45) is 5.92 Å². The SMILES string of the molecule is CC.CCCCCN1CC(C)OC(C)C1.Cc1c(-n2c(C(Cc3cc(F)cc(F)c3)NC(=O)Cn3nc(C(F)F)c4c3C(F)(F)C(C)C4)nc3nc(C4CCC(F)(F)CC4)cc(C)c3c2=O)ccc(Cl)c1C(=N)C(C)S(C)(=O)=O. The summed E-state index contributed by atoms with van der Waals surface area (Å²) in [7, 11) is -3.86. The van der Waals surface area contributed by atoms with Gasteiger partial charge in [0.2, 0.25) is 11.8 Å². The van der Waals surface area contributed by atoms with Crippen molar-refractivity contribution in [3.8, 4) is 5.69 Å². The molecule has 5 unspecified atom stereocenters. The molecule has 434 valence electrons. The molecule has 79 heavy (non-hydrogen) atoms. The van der Waals surface area contributed by atoms with E-state index in [4.69, 9.17) is 26.7 Å². The highest BCUT2D eigenvalue weighted by Gasteiger charge is 2.51. The second-order valence-corrected chi connectivity index (χ2v) is 23.8. The summed E-state index contributed by atoms with van der Waals surface area (Å²) < 4.78 is 149. The summed E-state index contributed by atoms with van der Waals surface area (Å²) in [5.41, 5.74) is -3.13. The van der Waals surface area contributed by atoms with E-state index < -0.39 is 129 Å². The number of aryl methyl sites for hydroxylation is 1. The lowest BCUT2D eigenvalue weighted by Crippen LogP contribution is -2.45. The molecule has 8 rings (SSSR count). The van der Waals surface area contributed by atoms with Gasteiger partial charge in [-0.05, 0) is 114 Å². The normalized spacial score (nSPS) is 20.0. The molecule has 5 atom stereocenters. The van der Waals surface area contributed by atoms with Crippen LogP contribution in [0.15, 0.2) is 41.2 Å². The highest BCUT2D eigenvalue weighted by Crippen LogP contribution is 2.48. The molecule has 0 spiro atoms. The van der Waals surface area contributed by atoms with Crippen LogP contribution in [0.2, 0.25) is 5.02 Å². The van der Waals surface area contributed by atoms with Gasteiger partial charge in [-0.3, -0.25) is 23.7 Å². The van der Waals surface area contributed by atoms with E-state index in [2.05, 4.69) is 41.1 Å². The third-order valence-corrected chi connectivity index (χ3v) is 16.6. The molecule has 1 amide bonds. The standard InChI is InChI=1S/C43H42ClF8N7O4S.C11H23NO.C2H6/c1-19-12-29(24-8-10-42(49,50)11-9-24)55-39-33(19)41(61)59(31-7-6-28(44)34(21(31)3)35(53)22(4)64(5,62)63)40(56-39)30(16-23-14-25(45)17-26(46)15-23)54-32(60)18-58-37-27(36(57-58)38(47)48)13-20(2)43(37,51)52;1-4-5-6-7-12-8-10(2)13-11(3)9-12;1-2/h6-7,12,14-15,17,20,22,24,30,38,53H,8-11,13,16,18H2,1-5H3,(H,54,60);10-11H,4-9H2,1-3H3;1-2H3. The Morgan fingerprint density at radius 3 is 2.16 bits per heavy atom. The highest BCUT2D eigenvalue weighted by molar-refractivity contribution is 7.92. The molecule has 4 heterocycles. The smallest absolute Gasteiger partial charge is 0.292 e. The van der Waals surface area contributed by atoms with E-state index in [1.807, 2.05) is 13.8 Å². The van der Waals surface area contributed by atoms with Gasteiger partial charge in [-0.2, -0.15) is 13.9 Å². The Bertz CT molecular complexity index is 3170. The average Bonchev–Trinajstić information content (AvgIpc) is 3.90. The first-order chi connectivity index (χ1) is 37.0. The largest absolute Gasteiger partial charge is 0.373 e. The molecule has 5 aromatic rings. The third-order valence-electron chi connectivity index (χ3n) is 14.8. The number of rotatable bonds is 16. The fourth-order valence-electron chi connectivity index (χ4n) is 10.7.